The molecule has 0 atom stereocenters. The van der Waals surface area contributed by atoms with E-state index in [2.05, 4.69) is 15.6 Å². The van der Waals surface area contributed by atoms with E-state index in [4.69, 9.17) is 0 Å². The van der Waals surface area contributed by atoms with Crippen molar-refractivity contribution in [2.24, 2.45) is 0 Å². The van der Waals surface area contributed by atoms with Crippen LogP contribution in [0.1, 0.15) is 10.6 Å². The minimum absolute atomic E-state index is 0.0728. The molecule has 0 unspecified atom stereocenters. The second kappa shape index (κ2) is 8.88. The maximum atomic E-state index is 12.3. The van der Waals surface area contributed by atoms with Crippen molar-refractivity contribution in [1.82, 2.24) is 10.3 Å². The third-order valence-electron chi connectivity index (χ3n) is 4.76. The van der Waals surface area contributed by atoms with Gasteiger partial charge < -0.3 is 10.6 Å². The largest absolute Gasteiger partial charge is 0.347 e. The fourth-order valence-corrected chi connectivity index (χ4v) is 3.91. The minimum atomic E-state index is -0.265. The topological polar surface area (TPSA) is 71.1 Å². The van der Waals surface area contributed by atoms with Gasteiger partial charge in [0.15, 0.2) is 0 Å². The number of carbonyl (C=O) groups excluding carboxylic acids is 2. The van der Waals surface area contributed by atoms with Crippen LogP contribution >= 0.6 is 11.3 Å². The van der Waals surface area contributed by atoms with Crippen LogP contribution < -0.4 is 10.6 Å². The van der Waals surface area contributed by atoms with Gasteiger partial charge in [-0.25, -0.2) is 4.98 Å². The van der Waals surface area contributed by atoms with Crippen molar-refractivity contribution in [3.8, 4) is 11.3 Å². The highest BCUT2D eigenvalue weighted by Gasteiger charge is 2.09. The van der Waals surface area contributed by atoms with E-state index in [0.29, 0.717) is 5.69 Å². The fourth-order valence-electron chi connectivity index (χ4n) is 3.29. The molecule has 150 valence electrons. The molecule has 30 heavy (non-hydrogen) atoms. The Labute approximate surface area is 178 Å². The number of anilines is 1. The number of aromatic nitrogens is 1. The zero-order chi connectivity index (χ0) is 20.9. The molecule has 0 aliphatic rings. The van der Waals surface area contributed by atoms with Gasteiger partial charge in [0.1, 0.15) is 0 Å². The molecule has 4 rings (SSSR count). The van der Waals surface area contributed by atoms with Crippen LogP contribution in [0.2, 0.25) is 0 Å². The molecule has 0 spiro atoms. The number of carbonyl (C=O) groups is 2. The zero-order valence-electron chi connectivity index (χ0n) is 16.5. The van der Waals surface area contributed by atoms with Gasteiger partial charge >= 0.3 is 0 Å². The SMILES string of the molecule is Cc1nc(-c2ccc(NC(=O)CNC(=O)Cc3cccc4ccccc34)cc2)cs1. The molecule has 1 heterocycles. The number of nitrogens with one attached hydrogen (secondary N) is 2. The van der Waals surface area contributed by atoms with Crippen LogP contribution in [0.5, 0.6) is 0 Å². The summed E-state index contributed by atoms with van der Waals surface area (Å²) in [6, 6.07) is 21.4. The summed E-state index contributed by atoms with van der Waals surface area (Å²) in [6.45, 7) is 1.90. The summed E-state index contributed by atoms with van der Waals surface area (Å²) in [5, 5.41) is 10.7. The molecule has 0 radical (unpaired) electrons. The van der Waals surface area contributed by atoms with E-state index in [1.165, 1.54) is 0 Å². The lowest BCUT2D eigenvalue weighted by molar-refractivity contribution is -0.123. The molecule has 2 amide bonds. The van der Waals surface area contributed by atoms with Crippen molar-refractivity contribution >= 4 is 39.6 Å². The minimum Gasteiger partial charge on any atom is -0.347 e. The van der Waals surface area contributed by atoms with Gasteiger partial charge in [-0.1, -0.05) is 54.6 Å². The number of aryl methyl sites for hydroxylation is 1. The lowest BCUT2D eigenvalue weighted by Gasteiger charge is -2.09. The summed E-state index contributed by atoms with van der Waals surface area (Å²) in [6.07, 6.45) is 0.233. The summed E-state index contributed by atoms with van der Waals surface area (Å²) in [4.78, 5) is 29.0. The molecule has 4 aromatic rings. The predicted molar refractivity (Wildman–Crippen MR) is 122 cm³/mol. The third-order valence-corrected chi connectivity index (χ3v) is 5.53. The molecule has 0 saturated heterocycles. The molecule has 1 aromatic heterocycles. The second-order valence-electron chi connectivity index (χ2n) is 6.97. The van der Waals surface area contributed by atoms with Crippen molar-refractivity contribution in [2.75, 3.05) is 11.9 Å². The standard InChI is InChI=1S/C24H21N3O2S/c1-16-26-22(15-30-16)18-9-11-20(12-10-18)27-24(29)14-25-23(28)13-19-7-4-6-17-5-2-3-8-21(17)19/h2-12,15H,13-14H2,1H3,(H,25,28)(H,27,29). The zero-order valence-corrected chi connectivity index (χ0v) is 17.3. The number of benzene rings is 3. The summed E-state index contributed by atoms with van der Waals surface area (Å²) in [7, 11) is 0. The summed E-state index contributed by atoms with van der Waals surface area (Å²) in [5.41, 5.74) is 3.55. The summed E-state index contributed by atoms with van der Waals surface area (Å²) >= 11 is 1.60. The van der Waals surface area contributed by atoms with Gasteiger partial charge in [0.2, 0.25) is 11.8 Å². The Kier molecular flexibility index (Phi) is 5.86. The van der Waals surface area contributed by atoms with Crippen molar-refractivity contribution in [2.45, 2.75) is 13.3 Å². The molecule has 0 aliphatic heterocycles. The molecule has 0 fully saturated rings. The Balaban J connectivity index is 1.30. The lowest BCUT2D eigenvalue weighted by atomic mass is 10.0. The van der Waals surface area contributed by atoms with Crippen molar-refractivity contribution in [3.63, 3.8) is 0 Å². The first-order chi connectivity index (χ1) is 14.6. The monoisotopic (exact) mass is 415 g/mol. The maximum absolute atomic E-state index is 12.3. The molecule has 3 aromatic carbocycles. The van der Waals surface area contributed by atoms with Gasteiger partial charge in [-0.3, -0.25) is 9.59 Å². The Morgan fingerprint density at radius 1 is 0.933 bits per heavy atom. The van der Waals surface area contributed by atoms with Crippen LogP contribution in [0.25, 0.3) is 22.0 Å². The highest BCUT2D eigenvalue weighted by molar-refractivity contribution is 7.09. The number of thiazole rings is 1. The Hall–Kier alpha value is -3.51. The first-order valence-electron chi connectivity index (χ1n) is 9.64. The van der Waals surface area contributed by atoms with Crippen LogP contribution in [0.3, 0.4) is 0 Å². The highest BCUT2D eigenvalue weighted by Crippen LogP contribution is 2.23. The molecule has 0 aliphatic carbocycles. The lowest BCUT2D eigenvalue weighted by Crippen LogP contribution is -2.33. The number of hydrogen-bond acceptors (Lipinski definition) is 4. The van der Waals surface area contributed by atoms with Crippen LogP contribution in [-0.4, -0.2) is 23.3 Å². The number of rotatable bonds is 6. The first kappa shape index (κ1) is 19.8. The van der Waals surface area contributed by atoms with Gasteiger partial charge in [0.25, 0.3) is 0 Å². The van der Waals surface area contributed by atoms with E-state index in [1.807, 2.05) is 79.0 Å². The average Bonchev–Trinajstić information content (AvgIpc) is 3.19. The van der Waals surface area contributed by atoms with E-state index < -0.39 is 0 Å². The number of amides is 2. The smallest absolute Gasteiger partial charge is 0.243 e. The van der Waals surface area contributed by atoms with E-state index >= 15 is 0 Å². The van der Waals surface area contributed by atoms with Crippen molar-refractivity contribution in [3.05, 3.63) is 82.7 Å². The predicted octanol–water partition coefficient (Wildman–Crippen LogP) is 4.57. The van der Waals surface area contributed by atoms with E-state index in [9.17, 15) is 9.59 Å². The van der Waals surface area contributed by atoms with Crippen LogP contribution in [-0.2, 0) is 16.0 Å². The molecule has 6 heteroatoms. The number of nitrogens with zero attached hydrogens (tertiary/aromatic N) is 1. The Morgan fingerprint density at radius 2 is 1.70 bits per heavy atom. The van der Waals surface area contributed by atoms with Crippen molar-refractivity contribution < 1.29 is 9.59 Å². The number of hydrogen-bond donors (Lipinski definition) is 2. The second-order valence-corrected chi connectivity index (χ2v) is 8.03. The highest BCUT2D eigenvalue weighted by atomic mass is 32.1. The van der Waals surface area contributed by atoms with Crippen LogP contribution in [0, 0.1) is 6.92 Å². The molecular weight excluding hydrogens is 394 g/mol. The first-order valence-corrected chi connectivity index (χ1v) is 10.5. The number of fused-ring (bicyclic) bond motifs is 1. The third kappa shape index (κ3) is 4.72. The van der Waals surface area contributed by atoms with Crippen LogP contribution in [0.15, 0.2) is 72.1 Å². The summed E-state index contributed by atoms with van der Waals surface area (Å²) in [5.74, 6) is -0.450. The van der Waals surface area contributed by atoms with Gasteiger partial charge in [-0.05, 0) is 35.4 Å². The summed E-state index contributed by atoms with van der Waals surface area (Å²) < 4.78 is 0. The molecule has 0 bridgehead atoms. The molecule has 2 N–H and O–H groups in total. The van der Waals surface area contributed by atoms with E-state index in [0.717, 1.165) is 32.6 Å². The van der Waals surface area contributed by atoms with Crippen molar-refractivity contribution in [1.29, 1.82) is 0 Å². The normalized spacial score (nSPS) is 10.7. The van der Waals surface area contributed by atoms with Crippen LogP contribution in [0.4, 0.5) is 5.69 Å². The quantitative estimate of drug-likeness (QED) is 0.485. The Bertz CT molecular complexity index is 1190. The van der Waals surface area contributed by atoms with Gasteiger partial charge in [0.05, 0.1) is 23.7 Å². The fraction of sp³-hybridized carbons (Fsp3) is 0.125. The molecular formula is C24H21N3O2S. The van der Waals surface area contributed by atoms with E-state index in [1.54, 1.807) is 11.3 Å². The maximum Gasteiger partial charge on any atom is 0.243 e. The van der Waals surface area contributed by atoms with Gasteiger partial charge in [-0.15, -0.1) is 11.3 Å². The molecule has 5 nitrogen and oxygen atoms in total. The van der Waals surface area contributed by atoms with Gasteiger partial charge in [-0.2, -0.15) is 0 Å². The molecule has 0 saturated carbocycles. The van der Waals surface area contributed by atoms with E-state index in [-0.39, 0.29) is 24.8 Å². The van der Waals surface area contributed by atoms with Gasteiger partial charge in [0, 0.05) is 16.6 Å². The Morgan fingerprint density at radius 3 is 2.47 bits per heavy atom. The average molecular weight is 416 g/mol.